The lowest BCUT2D eigenvalue weighted by molar-refractivity contribution is -0.147. The lowest BCUT2D eigenvalue weighted by Gasteiger charge is -2.34. The van der Waals surface area contributed by atoms with Gasteiger partial charge >= 0.3 is 5.97 Å². The van der Waals surface area contributed by atoms with Crippen LogP contribution in [0.25, 0.3) is 11.0 Å². The van der Waals surface area contributed by atoms with Crippen molar-refractivity contribution in [1.29, 1.82) is 0 Å². The molecule has 1 aromatic heterocycles. The molecule has 0 spiro atoms. The van der Waals surface area contributed by atoms with Crippen molar-refractivity contribution in [3.05, 3.63) is 88.0 Å². The molecule has 43 heavy (non-hydrogen) atoms. The van der Waals surface area contributed by atoms with Gasteiger partial charge in [-0.05, 0) is 80.0 Å². The highest BCUT2D eigenvalue weighted by atomic mass is 16.5. The van der Waals surface area contributed by atoms with Crippen LogP contribution < -0.4 is 4.74 Å². The van der Waals surface area contributed by atoms with E-state index >= 15 is 0 Å². The van der Waals surface area contributed by atoms with Crippen molar-refractivity contribution in [2.75, 3.05) is 6.54 Å². The molecular formula is C34H40N4O5. The molecule has 3 aromatic carbocycles. The number of benzene rings is 3. The van der Waals surface area contributed by atoms with E-state index in [1.165, 1.54) is 16.7 Å². The maximum Gasteiger partial charge on any atom is 0.310 e. The molecule has 2 unspecified atom stereocenters. The minimum Gasteiger partial charge on any atom is -0.489 e. The molecule has 6 rings (SSSR count). The zero-order valence-electron chi connectivity index (χ0n) is 25.4. The first-order chi connectivity index (χ1) is 20.6. The molecule has 4 aromatic rings. The number of hydrogen-bond donors (Lipinski definition) is 2. The minimum atomic E-state index is -1.04. The third-order valence-electron chi connectivity index (χ3n) is 9.19. The van der Waals surface area contributed by atoms with E-state index in [9.17, 15) is 9.90 Å². The smallest absolute Gasteiger partial charge is 0.310 e. The van der Waals surface area contributed by atoms with Crippen molar-refractivity contribution >= 4 is 23.5 Å². The molecule has 2 aliphatic rings. The number of aromatic nitrogens is 3. The zero-order valence-corrected chi connectivity index (χ0v) is 25.4. The van der Waals surface area contributed by atoms with E-state index < -0.39 is 11.4 Å². The highest BCUT2D eigenvalue weighted by Crippen LogP contribution is 2.46. The Hall–Kier alpha value is -4.24. The predicted octanol–water partition coefficient (Wildman–Crippen LogP) is 5.88. The molecular weight excluding hydrogens is 544 g/mol. The van der Waals surface area contributed by atoms with Gasteiger partial charge in [0.2, 0.25) is 0 Å². The first kappa shape index (κ1) is 30.2. The number of hydrogen-bond acceptors (Lipinski definition) is 6. The molecule has 1 aliphatic carbocycles. The maximum absolute atomic E-state index is 12.7. The van der Waals surface area contributed by atoms with Crippen molar-refractivity contribution in [3.8, 4) is 5.75 Å². The summed E-state index contributed by atoms with van der Waals surface area (Å²) in [5.74, 6) is -0.179. The summed E-state index contributed by atoms with van der Waals surface area (Å²) in [5.41, 5.74) is 7.61. The van der Waals surface area contributed by atoms with E-state index in [0.717, 1.165) is 65.8 Å². The van der Waals surface area contributed by atoms with Crippen LogP contribution in [-0.4, -0.2) is 55.2 Å². The number of nitrogens with zero attached hydrogens (tertiary/aromatic N) is 4. The Morgan fingerprint density at radius 1 is 1.16 bits per heavy atom. The highest BCUT2D eigenvalue weighted by Gasteiger charge is 2.41. The fourth-order valence-corrected chi connectivity index (χ4v) is 6.79. The summed E-state index contributed by atoms with van der Waals surface area (Å²) in [5, 5.41) is 25.9. The van der Waals surface area contributed by atoms with E-state index in [2.05, 4.69) is 64.6 Å². The summed E-state index contributed by atoms with van der Waals surface area (Å²) in [6, 6.07) is 19.4. The van der Waals surface area contributed by atoms with Gasteiger partial charge in [0.1, 0.15) is 17.4 Å². The van der Waals surface area contributed by atoms with Crippen molar-refractivity contribution in [3.63, 3.8) is 0 Å². The van der Waals surface area contributed by atoms with Crippen molar-refractivity contribution in [2.45, 2.75) is 71.6 Å². The van der Waals surface area contributed by atoms with Crippen LogP contribution in [0.5, 0.6) is 5.75 Å². The maximum atomic E-state index is 12.7. The van der Waals surface area contributed by atoms with E-state index in [0.29, 0.717) is 0 Å². The SMILES string of the molecule is CC[C@@H]1CN(C2CCc3ccc(C(c4ccc5c(nnn5C)c4C)C(C)(C)C(=O)O)cc32)Cc2ccccc2O1.O=CO. The van der Waals surface area contributed by atoms with E-state index in [-0.39, 0.29) is 24.5 Å². The van der Waals surface area contributed by atoms with E-state index in [1.807, 2.05) is 40.0 Å². The molecule has 3 atom stereocenters. The fourth-order valence-electron chi connectivity index (χ4n) is 6.79. The normalized spacial score (nSPS) is 18.9. The largest absolute Gasteiger partial charge is 0.489 e. The summed E-state index contributed by atoms with van der Waals surface area (Å²) in [7, 11) is 1.88. The number of carboxylic acid groups (broad SMARTS) is 2. The standard InChI is InChI=1S/C33H38N4O3.CH2O2/c1-6-24-19-37(18-23-9-7-8-10-29(23)40-24)27-15-13-21-11-12-22(17-26(21)27)30(33(3,4)32(38)39)25-14-16-28-31(20(25)2)34-35-36(28)5;2-1-3/h7-12,14,16-17,24,27,30H,6,13,15,18-19H2,1-5H3,(H,38,39);1H,(H,2,3)/t24-,27?,30?;/m1./s1. The van der Waals surface area contributed by atoms with Crippen LogP contribution in [0.15, 0.2) is 54.6 Å². The summed E-state index contributed by atoms with van der Waals surface area (Å²) in [6.07, 6.45) is 3.16. The molecule has 0 radical (unpaired) electrons. The van der Waals surface area contributed by atoms with Gasteiger partial charge in [0.05, 0.1) is 10.9 Å². The van der Waals surface area contributed by atoms with Crippen LogP contribution in [0.3, 0.4) is 0 Å². The number of aryl methyl sites for hydroxylation is 3. The molecule has 1 aliphatic heterocycles. The molecule has 226 valence electrons. The topological polar surface area (TPSA) is 118 Å². The predicted molar refractivity (Wildman–Crippen MR) is 164 cm³/mol. The van der Waals surface area contributed by atoms with Crippen LogP contribution in [-0.2, 0) is 29.6 Å². The Morgan fingerprint density at radius 2 is 1.91 bits per heavy atom. The van der Waals surface area contributed by atoms with Crippen LogP contribution in [0, 0.1) is 12.3 Å². The number of para-hydroxylation sites is 1. The second-order valence-corrected chi connectivity index (χ2v) is 12.1. The van der Waals surface area contributed by atoms with Gasteiger partial charge in [-0.2, -0.15) is 0 Å². The van der Waals surface area contributed by atoms with Gasteiger partial charge in [-0.3, -0.25) is 14.5 Å². The highest BCUT2D eigenvalue weighted by molar-refractivity contribution is 5.81. The molecule has 0 saturated heterocycles. The Bertz CT molecular complexity index is 1650. The minimum absolute atomic E-state index is 0.135. The van der Waals surface area contributed by atoms with Crippen LogP contribution >= 0.6 is 0 Å². The van der Waals surface area contributed by atoms with Gasteiger partial charge in [0, 0.05) is 37.7 Å². The lowest BCUT2D eigenvalue weighted by Crippen LogP contribution is -2.35. The number of ether oxygens (including phenoxy) is 1. The molecule has 9 heteroatoms. The summed E-state index contributed by atoms with van der Waals surface area (Å²) < 4.78 is 8.17. The second-order valence-electron chi connectivity index (χ2n) is 12.1. The van der Waals surface area contributed by atoms with Gasteiger partial charge in [-0.15, -0.1) is 5.10 Å². The van der Waals surface area contributed by atoms with Crippen molar-refractivity contribution in [2.24, 2.45) is 12.5 Å². The number of carboxylic acids is 1. The van der Waals surface area contributed by atoms with E-state index in [4.69, 9.17) is 14.6 Å². The van der Waals surface area contributed by atoms with Gasteiger partial charge in [0.15, 0.2) is 0 Å². The molecule has 2 N–H and O–H groups in total. The Morgan fingerprint density at radius 3 is 2.63 bits per heavy atom. The zero-order chi connectivity index (χ0) is 30.9. The monoisotopic (exact) mass is 584 g/mol. The lowest BCUT2D eigenvalue weighted by atomic mass is 9.69. The van der Waals surface area contributed by atoms with Crippen LogP contribution in [0.2, 0.25) is 0 Å². The number of carbonyl (C=O) groups is 2. The second kappa shape index (κ2) is 12.2. The molecule has 0 fully saturated rings. The summed E-state index contributed by atoms with van der Waals surface area (Å²) in [4.78, 5) is 23.6. The van der Waals surface area contributed by atoms with Gasteiger partial charge < -0.3 is 14.9 Å². The Kier molecular flexibility index (Phi) is 8.55. The number of fused-ring (bicyclic) bond motifs is 3. The number of aliphatic carboxylic acids is 1. The molecule has 2 heterocycles. The van der Waals surface area contributed by atoms with Crippen LogP contribution in [0.1, 0.15) is 79.0 Å². The average molecular weight is 585 g/mol. The van der Waals surface area contributed by atoms with Crippen LogP contribution in [0.4, 0.5) is 0 Å². The molecule has 0 saturated carbocycles. The van der Waals surface area contributed by atoms with E-state index in [1.54, 1.807) is 4.68 Å². The average Bonchev–Trinajstić information content (AvgIpc) is 3.52. The third kappa shape index (κ3) is 5.61. The van der Waals surface area contributed by atoms with Gasteiger partial charge in [0.25, 0.3) is 6.47 Å². The van der Waals surface area contributed by atoms with Gasteiger partial charge in [-0.25, -0.2) is 4.68 Å². The quantitative estimate of drug-likeness (QED) is 0.270. The molecule has 0 amide bonds. The summed E-state index contributed by atoms with van der Waals surface area (Å²) in [6.45, 7) is 9.35. The van der Waals surface area contributed by atoms with Crippen molar-refractivity contribution in [1.82, 2.24) is 19.9 Å². The first-order valence-corrected chi connectivity index (χ1v) is 14.8. The number of rotatable bonds is 6. The first-order valence-electron chi connectivity index (χ1n) is 14.8. The Labute approximate surface area is 252 Å². The van der Waals surface area contributed by atoms with Crippen molar-refractivity contribution < 1.29 is 24.5 Å². The Balaban J connectivity index is 0.00000118. The molecule has 9 nitrogen and oxygen atoms in total. The fraction of sp³-hybridized carbons (Fsp3) is 0.412. The summed E-state index contributed by atoms with van der Waals surface area (Å²) >= 11 is 0. The third-order valence-corrected chi connectivity index (χ3v) is 9.19. The van der Waals surface area contributed by atoms with Gasteiger partial charge in [-0.1, -0.05) is 54.6 Å². The molecule has 0 bridgehead atoms.